The van der Waals surface area contributed by atoms with Gasteiger partial charge in [0.2, 0.25) is 5.91 Å². The van der Waals surface area contributed by atoms with E-state index in [-0.39, 0.29) is 5.91 Å². The first kappa shape index (κ1) is 11.4. The predicted molar refractivity (Wildman–Crippen MR) is 55.4 cm³/mol. The van der Waals surface area contributed by atoms with E-state index in [0.29, 0.717) is 12.5 Å². The normalized spacial score (nSPS) is 23.0. The molecular formula is C9H20N4O. The lowest BCUT2D eigenvalue weighted by Gasteiger charge is -2.19. The van der Waals surface area contributed by atoms with Gasteiger partial charge in [0.05, 0.1) is 6.54 Å². The van der Waals surface area contributed by atoms with Crippen LogP contribution in [-0.4, -0.2) is 56.0 Å². The number of likely N-dealkylation sites (tertiary alicyclic amines) is 1. The maximum Gasteiger partial charge on any atom is 0.248 e. The van der Waals surface area contributed by atoms with E-state index in [1.54, 1.807) is 0 Å². The summed E-state index contributed by atoms with van der Waals surface area (Å²) >= 11 is 0. The van der Waals surface area contributed by atoms with Crippen molar-refractivity contribution in [3.63, 3.8) is 0 Å². The van der Waals surface area contributed by atoms with E-state index < -0.39 is 0 Å². The highest BCUT2D eigenvalue weighted by atomic mass is 16.2. The average Bonchev–Trinajstić information content (AvgIpc) is 2.50. The van der Waals surface area contributed by atoms with E-state index in [9.17, 15) is 4.79 Å². The molecule has 1 saturated heterocycles. The van der Waals surface area contributed by atoms with Crippen LogP contribution in [0.25, 0.3) is 0 Å². The van der Waals surface area contributed by atoms with Crippen molar-refractivity contribution in [2.75, 3.05) is 40.3 Å². The molecule has 1 amide bonds. The summed E-state index contributed by atoms with van der Waals surface area (Å²) in [4.78, 5) is 15.3. The highest BCUT2D eigenvalue weighted by Crippen LogP contribution is 2.14. The minimum atomic E-state index is -0.126. The third-order valence-electron chi connectivity index (χ3n) is 2.63. The molecule has 0 saturated carbocycles. The molecule has 1 unspecified atom stereocenters. The summed E-state index contributed by atoms with van der Waals surface area (Å²) in [5.41, 5.74) is 2.14. The van der Waals surface area contributed by atoms with Crippen molar-refractivity contribution in [3.05, 3.63) is 0 Å². The van der Waals surface area contributed by atoms with Crippen molar-refractivity contribution in [1.82, 2.24) is 15.2 Å². The average molecular weight is 200 g/mol. The number of nitrogens with zero attached hydrogens (tertiary/aromatic N) is 2. The molecule has 1 fully saturated rings. The predicted octanol–water partition coefficient (Wildman–Crippen LogP) is -1.14. The van der Waals surface area contributed by atoms with Gasteiger partial charge < -0.3 is 4.90 Å². The van der Waals surface area contributed by atoms with Crippen LogP contribution in [0.3, 0.4) is 0 Å². The second-order valence-corrected chi connectivity index (χ2v) is 4.18. The van der Waals surface area contributed by atoms with Gasteiger partial charge in [-0.25, -0.2) is 5.84 Å². The Hall–Kier alpha value is -0.650. The Morgan fingerprint density at radius 1 is 1.71 bits per heavy atom. The summed E-state index contributed by atoms with van der Waals surface area (Å²) in [5.74, 6) is 5.58. The minimum Gasteiger partial charge on any atom is -0.306 e. The van der Waals surface area contributed by atoms with Crippen LogP contribution in [0.5, 0.6) is 0 Å². The van der Waals surface area contributed by atoms with E-state index in [1.165, 1.54) is 13.0 Å². The maximum absolute atomic E-state index is 11.0. The molecule has 1 rings (SSSR count). The fourth-order valence-corrected chi connectivity index (χ4v) is 1.97. The number of carbonyl (C=O) groups is 1. The van der Waals surface area contributed by atoms with Crippen LogP contribution >= 0.6 is 0 Å². The van der Waals surface area contributed by atoms with Gasteiger partial charge in [0.1, 0.15) is 0 Å². The summed E-state index contributed by atoms with van der Waals surface area (Å²) in [5, 5.41) is 0. The van der Waals surface area contributed by atoms with Crippen molar-refractivity contribution in [2.45, 2.75) is 6.42 Å². The molecule has 0 spiro atoms. The lowest BCUT2D eigenvalue weighted by atomic mass is 10.1. The molecule has 0 aromatic rings. The Morgan fingerprint density at radius 2 is 2.43 bits per heavy atom. The Morgan fingerprint density at radius 3 is 2.93 bits per heavy atom. The molecule has 1 aliphatic heterocycles. The number of nitrogens with one attached hydrogen (secondary N) is 1. The fraction of sp³-hybridized carbons (Fsp3) is 0.889. The van der Waals surface area contributed by atoms with Gasteiger partial charge in [-0.2, -0.15) is 0 Å². The molecular weight excluding hydrogens is 180 g/mol. The van der Waals surface area contributed by atoms with Gasteiger partial charge in [0.15, 0.2) is 0 Å². The highest BCUT2D eigenvalue weighted by molar-refractivity contribution is 5.77. The number of hydrazine groups is 1. The third-order valence-corrected chi connectivity index (χ3v) is 2.63. The topological polar surface area (TPSA) is 61.6 Å². The summed E-state index contributed by atoms with van der Waals surface area (Å²) in [7, 11) is 4.08. The first-order chi connectivity index (χ1) is 6.61. The van der Waals surface area contributed by atoms with Gasteiger partial charge >= 0.3 is 0 Å². The molecule has 3 N–H and O–H groups in total. The molecule has 0 aromatic carbocycles. The van der Waals surface area contributed by atoms with Gasteiger partial charge in [0.25, 0.3) is 0 Å². The lowest BCUT2D eigenvalue weighted by molar-refractivity contribution is -0.122. The monoisotopic (exact) mass is 200 g/mol. The zero-order chi connectivity index (χ0) is 10.6. The largest absolute Gasteiger partial charge is 0.306 e. The standard InChI is InChI=1S/C9H20N4O/c1-12-4-3-8(5-12)6-13(2)7-9(14)11-10/h8H,3-7,10H2,1-2H3,(H,11,14). The quantitative estimate of drug-likeness (QED) is 0.342. The van der Waals surface area contributed by atoms with Crippen LogP contribution in [0.15, 0.2) is 0 Å². The van der Waals surface area contributed by atoms with Crippen LogP contribution < -0.4 is 11.3 Å². The number of rotatable bonds is 4. The number of carbonyl (C=O) groups excluding carboxylic acids is 1. The molecule has 1 aliphatic rings. The number of amides is 1. The number of hydrogen-bond acceptors (Lipinski definition) is 4. The lowest BCUT2D eigenvalue weighted by Crippen LogP contribution is -2.40. The molecule has 0 bridgehead atoms. The molecule has 5 nitrogen and oxygen atoms in total. The van der Waals surface area contributed by atoms with Gasteiger partial charge in [-0.15, -0.1) is 0 Å². The van der Waals surface area contributed by atoms with Gasteiger partial charge in [0, 0.05) is 13.1 Å². The van der Waals surface area contributed by atoms with Crippen LogP contribution in [0.4, 0.5) is 0 Å². The SMILES string of the molecule is CN1CCC(CN(C)CC(=O)NN)C1. The van der Waals surface area contributed by atoms with E-state index in [4.69, 9.17) is 5.84 Å². The van der Waals surface area contributed by atoms with Crippen LogP contribution in [0.1, 0.15) is 6.42 Å². The molecule has 0 aliphatic carbocycles. The van der Waals surface area contributed by atoms with Crippen molar-refractivity contribution in [1.29, 1.82) is 0 Å². The zero-order valence-electron chi connectivity index (χ0n) is 8.99. The van der Waals surface area contributed by atoms with Crippen molar-refractivity contribution < 1.29 is 4.79 Å². The third kappa shape index (κ3) is 3.61. The molecule has 14 heavy (non-hydrogen) atoms. The van der Waals surface area contributed by atoms with Gasteiger partial charge in [-0.1, -0.05) is 0 Å². The number of hydrogen-bond donors (Lipinski definition) is 2. The Balaban J connectivity index is 2.20. The van der Waals surface area contributed by atoms with E-state index in [0.717, 1.165) is 13.1 Å². The van der Waals surface area contributed by atoms with Gasteiger partial charge in [-0.05, 0) is 33.0 Å². The number of nitrogens with two attached hydrogens (primary N) is 1. The molecule has 1 heterocycles. The van der Waals surface area contributed by atoms with E-state index in [1.807, 2.05) is 11.9 Å². The Labute approximate surface area is 85.2 Å². The molecule has 5 heteroatoms. The van der Waals surface area contributed by atoms with E-state index >= 15 is 0 Å². The minimum absolute atomic E-state index is 0.126. The second kappa shape index (κ2) is 5.29. The van der Waals surface area contributed by atoms with Gasteiger partial charge in [-0.3, -0.25) is 15.1 Å². The van der Waals surface area contributed by atoms with Crippen molar-refractivity contribution >= 4 is 5.91 Å². The second-order valence-electron chi connectivity index (χ2n) is 4.18. The molecule has 82 valence electrons. The Kier molecular flexibility index (Phi) is 4.31. The smallest absolute Gasteiger partial charge is 0.248 e. The molecule has 1 atom stereocenters. The maximum atomic E-state index is 11.0. The summed E-state index contributed by atoms with van der Waals surface area (Å²) in [6.45, 7) is 3.66. The summed E-state index contributed by atoms with van der Waals surface area (Å²) in [6, 6.07) is 0. The van der Waals surface area contributed by atoms with Crippen molar-refractivity contribution in [2.24, 2.45) is 11.8 Å². The van der Waals surface area contributed by atoms with E-state index in [2.05, 4.69) is 17.4 Å². The summed E-state index contributed by atoms with van der Waals surface area (Å²) in [6.07, 6.45) is 1.23. The van der Waals surface area contributed by atoms with Crippen LogP contribution in [-0.2, 0) is 4.79 Å². The first-order valence-electron chi connectivity index (χ1n) is 4.98. The number of likely N-dealkylation sites (N-methyl/N-ethyl adjacent to an activating group) is 1. The summed E-state index contributed by atoms with van der Waals surface area (Å²) < 4.78 is 0. The van der Waals surface area contributed by atoms with Crippen LogP contribution in [0.2, 0.25) is 0 Å². The van der Waals surface area contributed by atoms with Crippen molar-refractivity contribution in [3.8, 4) is 0 Å². The first-order valence-corrected chi connectivity index (χ1v) is 4.98. The highest BCUT2D eigenvalue weighted by Gasteiger charge is 2.21. The zero-order valence-corrected chi connectivity index (χ0v) is 8.99. The molecule has 0 radical (unpaired) electrons. The fourth-order valence-electron chi connectivity index (χ4n) is 1.97. The Bertz CT molecular complexity index is 197. The molecule has 0 aromatic heterocycles. The van der Waals surface area contributed by atoms with Crippen LogP contribution in [0, 0.1) is 5.92 Å².